The zero-order chi connectivity index (χ0) is 19.2. The highest BCUT2D eigenvalue weighted by Crippen LogP contribution is 2.29. The molecule has 0 aromatic heterocycles. The first kappa shape index (κ1) is 19.7. The second-order valence-corrected chi connectivity index (χ2v) is 7.22. The summed E-state index contributed by atoms with van der Waals surface area (Å²) in [5.74, 6) is 1.38. The van der Waals surface area contributed by atoms with Gasteiger partial charge in [-0.05, 0) is 42.0 Å². The van der Waals surface area contributed by atoms with Crippen LogP contribution in [0.5, 0.6) is 11.5 Å². The molecule has 0 aliphatic carbocycles. The number of nitrogens with one attached hydrogen (secondary N) is 1. The summed E-state index contributed by atoms with van der Waals surface area (Å²) in [5.41, 5.74) is 2.13. The Morgan fingerprint density at radius 1 is 1.04 bits per heavy atom. The molecule has 3 rings (SSSR count). The Kier molecular flexibility index (Phi) is 6.77. The Labute approximate surface area is 170 Å². The van der Waals surface area contributed by atoms with Crippen LogP contribution >= 0.6 is 23.8 Å². The van der Waals surface area contributed by atoms with Gasteiger partial charge in [0.25, 0.3) is 0 Å². The number of thiocarbonyl (C=S) groups is 1. The molecule has 1 N–H and O–H groups in total. The summed E-state index contributed by atoms with van der Waals surface area (Å²) in [6, 6.07) is 13.7. The van der Waals surface area contributed by atoms with Gasteiger partial charge >= 0.3 is 0 Å². The van der Waals surface area contributed by atoms with E-state index in [1.165, 1.54) is 5.56 Å². The lowest BCUT2D eigenvalue weighted by atomic mass is 10.2. The third-order valence-corrected chi connectivity index (χ3v) is 5.18. The van der Waals surface area contributed by atoms with Gasteiger partial charge in [0, 0.05) is 49.5 Å². The molecule has 0 amide bonds. The molecular weight excluding hydrogens is 382 g/mol. The first-order chi connectivity index (χ1) is 13.1. The monoisotopic (exact) mass is 405 g/mol. The fourth-order valence-electron chi connectivity index (χ4n) is 3.12. The number of benzene rings is 2. The largest absolute Gasteiger partial charge is 0.493 e. The predicted octanol–water partition coefficient (Wildman–Crippen LogP) is 3.87. The molecule has 2 aromatic carbocycles. The minimum Gasteiger partial charge on any atom is -0.493 e. The fraction of sp³-hybridized carbons (Fsp3) is 0.350. The van der Waals surface area contributed by atoms with Crippen molar-refractivity contribution < 1.29 is 9.47 Å². The van der Waals surface area contributed by atoms with Crippen LogP contribution in [0.2, 0.25) is 5.02 Å². The minimum atomic E-state index is 0.677. The number of rotatable bonds is 5. The molecule has 27 heavy (non-hydrogen) atoms. The SMILES string of the molecule is COc1ccc(NC(=S)N2CCN(Cc3cccc(Cl)c3)CC2)cc1OC. The Morgan fingerprint density at radius 3 is 2.44 bits per heavy atom. The lowest BCUT2D eigenvalue weighted by molar-refractivity contribution is 0.177. The van der Waals surface area contributed by atoms with Crippen molar-refractivity contribution >= 4 is 34.6 Å². The van der Waals surface area contributed by atoms with Crippen molar-refractivity contribution in [3.8, 4) is 11.5 Å². The van der Waals surface area contributed by atoms with Gasteiger partial charge in [0.1, 0.15) is 0 Å². The van der Waals surface area contributed by atoms with Crippen LogP contribution in [0.15, 0.2) is 42.5 Å². The van der Waals surface area contributed by atoms with Gasteiger partial charge in [-0.3, -0.25) is 4.90 Å². The number of halogens is 1. The molecule has 0 atom stereocenters. The smallest absolute Gasteiger partial charge is 0.173 e. The van der Waals surface area contributed by atoms with E-state index in [0.717, 1.165) is 48.5 Å². The zero-order valence-electron chi connectivity index (χ0n) is 15.6. The van der Waals surface area contributed by atoms with Crippen LogP contribution < -0.4 is 14.8 Å². The van der Waals surface area contributed by atoms with Gasteiger partial charge in [-0.15, -0.1) is 0 Å². The van der Waals surface area contributed by atoms with E-state index in [-0.39, 0.29) is 0 Å². The second kappa shape index (κ2) is 9.26. The number of anilines is 1. The summed E-state index contributed by atoms with van der Waals surface area (Å²) in [4.78, 5) is 4.61. The molecule has 144 valence electrons. The molecule has 1 heterocycles. The van der Waals surface area contributed by atoms with Crippen molar-refractivity contribution in [1.82, 2.24) is 9.80 Å². The molecule has 0 spiro atoms. The standard InChI is InChI=1S/C20H24ClN3O2S/c1-25-18-7-6-17(13-19(18)26-2)22-20(27)24-10-8-23(9-11-24)14-15-4-3-5-16(21)12-15/h3-7,12-13H,8-11,14H2,1-2H3,(H,22,27). The predicted molar refractivity (Wildman–Crippen MR) is 114 cm³/mol. The van der Waals surface area contributed by atoms with Crippen molar-refractivity contribution in [2.75, 3.05) is 45.7 Å². The van der Waals surface area contributed by atoms with Gasteiger partial charge in [0.2, 0.25) is 0 Å². The molecule has 7 heteroatoms. The number of ether oxygens (including phenoxy) is 2. The van der Waals surface area contributed by atoms with E-state index in [9.17, 15) is 0 Å². The maximum atomic E-state index is 6.08. The molecule has 5 nitrogen and oxygen atoms in total. The highest BCUT2D eigenvalue weighted by Gasteiger charge is 2.19. The maximum Gasteiger partial charge on any atom is 0.173 e. The molecular formula is C20H24ClN3O2S. The molecule has 1 aliphatic rings. The molecule has 0 radical (unpaired) electrons. The maximum absolute atomic E-state index is 6.08. The van der Waals surface area contributed by atoms with Gasteiger partial charge < -0.3 is 19.7 Å². The van der Waals surface area contributed by atoms with Gasteiger partial charge in [-0.1, -0.05) is 23.7 Å². The van der Waals surface area contributed by atoms with Gasteiger partial charge in [0.15, 0.2) is 16.6 Å². The highest BCUT2D eigenvalue weighted by molar-refractivity contribution is 7.80. The lowest BCUT2D eigenvalue weighted by Crippen LogP contribution is -2.49. The summed E-state index contributed by atoms with van der Waals surface area (Å²) in [7, 11) is 3.25. The van der Waals surface area contributed by atoms with Crippen molar-refractivity contribution in [3.05, 3.63) is 53.1 Å². The lowest BCUT2D eigenvalue weighted by Gasteiger charge is -2.36. The first-order valence-electron chi connectivity index (χ1n) is 8.84. The van der Waals surface area contributed by atoms with E-state index in [1.807, 2.05) is 36.4 Å². The Balaban J connectivity index is 1.52. The summed E-state index contributed by atoms with van der Waals surface area (Å²) in [6.07, 6.45) is 0. The third kappa shape index (κ3) is 5.25. The molecule has 1 fully saturated rings. The average molecular weight is 406 g/mol. The molecule has 0 bridgehead atoms. The Morgan fingerprint density at radius 2 is 1.78 bits per heavy atom. The first-order valence-corrected chi connectivity index (χ1v) is 9.62. The number of nitrogens with zero attached hydrogens (tertiary/aromatic N) is 2. The molecule has 1 saturated heterocycles. The Hall–Kier alpha value is -2.02. The van der Waals surface area contributed by atoms with Crippen LogP contribution in [-0.2, 0) is 6.54 Å². The zero-order valence-corrected chi connectivity index (χ0v) is 17.1. The van der Waals surface area contributed by atoms with Crippen LogP contribution in [0.1, 0.15) is 5.56 Å². The molecule has 2 aromatic rings. The quantitative estimate of drug-likeness (QED) is 0.761. The Bertz CT molecular complexity index is 795. The molecule has 0 saturated carbocycles. The van der Waals surface area contributed by atoms with E-state index in [0.29, 0.717) is 11.5 Å². The summed E-state index contributed by atoms with van der Waals surface area (Å²) >= 11 is 11.7. The summed E-state index contributed by atoms with van der Waals surface area (Å²) in [6.45, 7) is 4.60. The molecule has 1 aliphatic heterocycles. The normalized spacial score (nSPS) is 14.7. The van der Waals surface area contributed by atoms with Crippen molar-refractivity contribution in [2.24, 2.45) is 0 Å². The summed E-state index contributed by atoms with van der Waals surface area (Å²) < 4.78 is 10.6. The number of hydrogen-bond acceptors (Lipinski definition) is 4. The van der Waals surface area contributed by atoms with E-state index < -0.39 is 0 Å². The van der Waals surface area contributed by atoms with E-state index in [4.69, 9.17) is 33.3 Å². The van der Waals surface area contributed by atoms with E-state index >= 15 is 0 Å². The summed E-state index contributed by atoms with van der Waals surface area (Å²) in [5, 5.41) is 4.81. The number of hydrogen-bond donors (Lipinski definition) is 1. The van der Waals surface area contributed by atoms with Crippen LogP contribution in [0.4, 0.5) is 5.69 Å². The minimum absolute atomic E-state index is 0.677. The van der Waals surface area contributed by atoms with Gasteiger partial charge in [0.05, 0.1) is 14.2 Å². The number of methoxy groups -OCH3 is 2. The van der Waals surface area contributed by atoms with E-state index in [2.05, 4.69) is 21.2 Å². The fourth-order valence-corrected chi connectivity index (χ4v) is 3.63. The third-order valence-electron chi connectivity index (χ3n) is 4.59. The number of piperazine rings is 1. The topological polar surface area (TPSA) is 37.0 Å². The van der Waals surface area contributed by atoms with E-state index in [1.54, 1.807) is 14.2 Å². The second-order valence-electron chi connectivity index (χ2n) is 6.39. The highest BCUT2D eigenvalue weighted by atomic mass is 35.5. The van der Waals surface area contributed by atoms with Gasteiger partial charge in [-0.2, -0.15) is 0 Å². The van der Waals surface area contributed by atoms with Crippen molar-refractivity contribution in [3.63, 3.8) is 0 Å². The van der Waals surface area contributed by atoms with Crippen LogP contribution in [0.3, 0.4) is 0 Å². The van der Waals surface area contributed by atoms with Crippen molar-refractivity contribution in [1.29, 1.82) is 0 Å². The molecule has 0 unspecified atom stereocenters. The van der Waals surface area contributed by atoms with Crippen molar-refractivity contribution in [2.45, 2.75) is 6.54 Å². The van der Waals surface area contributed by atoms with Crippen LogP contribution in [0.25, 0.3) is 0 Å². The average Bonchev–Trinajstić information content (AvgIpc) is 2.68. The van der Waals surface area contributed by atoms with Crippen LogP contribution in [-0.4, -0.2) is 55.3 Å². The van der Waals surface area contributed by atoms with Crippen LogP contribution in [0, 0.1) is 0 Å². The van der Waals surface area contributed by atoms with Gasteiger partial charge in [-0.25, -0.2) is 0 Å².